The molecule has 23 heavy (non-hydrogen) atoms. The second kappa shape index (κ2) is 6.89. The average molecular weight is 349 g/mol. The van der Waals surface area contributed by atoms with Gasteiger partial charge in [0.1, 0.15) is 11.6 Å². The summed E-state index contributed by atoms with van der Waals surface area (Å²) < 4.78 is 5.29. The molecule has 2 N–H and O–H groups in total. The zero-order chi connectivity index (χ0) is 16.2. The van der Waals surface area contributed by atoms with E-state index in [2.05, 4.69) is 20.6 Å². The number of nitrogens with one attached hydrogen (secondary N) is 2. The Labute approximate surface area is 143 Å². The third-order valence-corrected chi connectivity index (χ3v) is 3.90. The fourth-order valence-electron chi connectivity index (χ4n) is 2.03. The van der Waals surface area contributed by atoms with Crippen LogP contribution >= 0.6 is 23.2 Å². The van der Waals surface area contributed by atoms with Crippen molar-refractivity contribution in [3.05, 3.63) is 64.2 Å². The summed E-state index contributed by atoms with van der Waals surface area (Å²) in [7, 11) is 0. The van der Waals surface area contributed by atoms with Crippen molar-refractivity contribution in [3.8, 4) is 0 Å². The van der Waals surface area contributed by atoms with Crippen molar-refractivity contribution >= 4 is 40.7 Å². The average Bonchev–Trinajstić information content (AvgIpc) is 3.03. The van der Waals surface area contributed by atoms with Gasteiger partial charge in [0.2, 0.25) is 5.95 Å². The van der Waals surface area contributed by atoms with Crippen LogP contribution in [0.2, 0.25) is 10.0 Å². The molecule has 0 saturated heterocycles. The van der Waals surface area contributed by atoms with Gasteiger partial charge in [-0.05, 0) is 31.2 Å². The highest BCUT2D eigenvalue weighted by atomic mass is 35.5. The molecule has 0 unspecified atom stereocenters. The summed E-state index contributed by atoms with van der Waals surface area (Å²) in [6, 6.07) is 10.9. The van der Waals surface area contributed by atoms with E-state index in [0.29, 0.717) is 34.0 Å². The number of furan rings is 1. The molecule has 5 nitrogen and oxygen atoms in total. The van der Waals surface area contributed by atoms with Crippen molar-refractivity contribution in [1.82, 2.24) is 9.97 Å². The predicted octanol–water partition coefficient (Wildman–Crippen LogP) is 5.04. The fraction of sp³-hybridized carbons (Fsp3) is 0.125. The summed E-state index contributed by atoms with van der Waals surface area (Å²) in [6.07, 6.45) is 1.64. The minimum absolute atomic E-state index is 0.435. The van der Waals surface area contributed by atoms with Gasteiger partial charge in [-0.3, -0.25) is 0 Å². The first-order valence-corrected chi connectivity index (χ1v) is 7.70. The first-order valence-electron chi connectivity index (χ1n) is 6.95. The van der Waals surface area contributed by atoms with E-state index in [-0.39, 0.29) is 0 Å². The summed E-state index contributed by atoms with van der Waals surface area (Å²) in [5.41, 5.74) is 1.48. The van der Waals surface area contributed by atoms with Crippen molar-refractivity contribution in [1.29, 1.82) is 0 Å². The van der Waals surface area contributed by atoms with Crippen molar-refractivity contribution in [2.45, 2.75) is 13.5 Å². The monoisotopic (exact) mass is 348 g/mol. The molecule has 0 amide bonds. The van der Waals surface area contributed by atoms with E-state index in [1.165, 1.54) is 0 Å². The number of hydrogen-bond acceptors (Lipinski definition) is 5. The molecule has 0 aliphatic heterocycles. The molecule has 0 saturated carbocycles. The molecule has 0 radical (unpaired) electrons. The van der Waals surface area contributed by atoms with Crippen LogP contribution in [0.1, 0.15) is 11.5 Å². The summed E-state index contributed by atoms with van der Waals surface area (Å²) in [6.45, 7) is 2.44. The molecule has 0 bridgehead atoms. The molecule has 7 heteroatoms. The number of anilines is 3. The zero-order valence-electron chi connectivity index (χ0n) is 12.3. The molecular weight excluding hydrogens is 335 g/mol. The van der Waals surface area contributed by atoms with Crippen molar-refractivity contribution in [2.75, 3.05) is 10.6 Å². The zero-order valence-corrected chi connectivity index (χ0v) is 13.8. The van der Waals surface area contributed by atoms with E-state index in [4.69, 9.17) is 27.6 Å². The summed E-state index contributed by atoms with van der Waals surface area (Å²) in [5.74, 6) is 1.96. The van der Waals surface area contributed by atoms with E-state index in [0.717, 1.165) is 11.5 Å². The molecule has 0 aliphatic carbocycles. The van der Waals surface area contributed by atoms with Gasteiger partial charge >= 0.3 is 0 Å². The van der Waals surface area contributed by atoms with Gasteiger partial charge in [-0.2, -0.15) is 4.98 Å². The van der Waals surface area contributed by atoms with Gasteiger partial charge < -0.3 is 15.1 Å². The molecule has 1 aromatic carbocycles. The second-order valence-electron chi connectivity index (χ2n) is 4.88. The predicted molar refractivity (Wildman–Crippen MR) is 92.5 cm³/mol. The Bertz CT molecular complexity index is 806. The molecular formula is C16H14Cl2N4O. The van der Waals surface area contributed by atoms with E-state index < -0.39 is 0 Å². The molecule has 0 aliphatic rings. The molecule has 2 heterocycles. The van der Waals surface area contributed by atoms with Crippen LogP contribution in [0.3, 0.4) is 0 Å². The van der Waals surface area contributed by atoms with Gasteiger partial charge in [-0.1, -0.05) is 29.3 Å². The van der Waals surface area contributed by atoms with Gasteiger partial charge in [0, 0.05) is 11.8 Å². The van der Waals surface area contributed by atoms with E-state index in [1.807, 2.05) is 37.3 Å². The minimum atomic E-state index is 0.435. The van der Waals surface area contributed by atoms with Crippen molar-refractivity contribution < 1.29 is 4.42 Å². The van der Waals surface area contributed by atoms with Gasteiger partial charge in [0.25, 0.3) is 0 Å². The van der Waals surface area contributed by atoms with Gasteiger partial charge in [-0.25, -0.2) is 4.98 Å². The highest BCUT2D eigenvalue weighted by molar-refractivity contribution is 6.43. The van der Waals surface area contributed by atoms with E-state index in [1.54, 1.807) is 12.3 Å². The Morgan fingerprint density at radius 3 is 2.78 bits per heavy atom. The van der Waals surface area contributed by atoms with Crippen LogP contribution in [-0.4, -0.2) is 9.97 Å². The topological polar surface area (TPSA) is 63.0 Å². The molecule has 2 aromatic heterocycles. The normalized spacial score (nSPS) is 10.6. The van der Waals surface area contributed by atoms with Gasteiger partial charge in [-0.15, -0.1) is 0 Å². The lowest BCUT2D eigenvalue weighted by Gasteiger charge is -2.11. The van der Waals surface area contributed by atoms with Crippen LogP contribution in [0.25, 0.3) is 0 Å². The third-order valence-electron chi connectivity index (χ3n) is 3.08. The number of hydrogen-bond donors (Lipinski definition) is 2. The smallest absolute Gasteiger partial charge is 0.229 e. The SMILES string of the molecule is Cc1cc(NCc2ccco2)nc(Nc2cccc(Cl)c2Cl)n1. The molecule has 0 atom stereocenters. The Morgan fingerprint density at radius 2 is 2.00 bits per heavy atom. The largest absolute Gasteiger partial charge is 0.467 e. The number of rotatable bonds is 5. The molecule has 118 valence electrons. The first kappa shape index (κ1) is 15.6. The summed E-state index contributed by atoms with van der Waals surface area (Å²) in [5, 5.41) is 7.19. The number of aryl methyl sites for hydroxylation is 1. The highest BCUT2D eigenvalue weighted by Crippen LogP contribution is 2.31. The molecule has 3 aromatic rings. The maximum Gasteiger partial charge on any atom is 0.229 e. The molecule has 3 rings (SSSR count). The van der Waals surface area contributed by atoms with Crippen molar-refractivity contribution in [2.24, 2.45) is 0 Å². The first-order chi connectivity index (χ1) is 11.1. The fourth-order valence-corrected chi connectivity index (χ4v) is 2.37. The van der Waals surface area contributed by atoms with Crippen LogP contribution < -0.4 is 10.6 Å². The minimum Gasteiger partial charge on any atom is -0.467 e. The Balaban J connectivity index is 1.78. The Hall–Kier alpha value is -2.24. The molecule has 0 spiro atoms. The van der Waals surface area contributed by atoms with Crippen LogP contribution in [0.15, 0.2) is 47.1 Å². The number of nitrogens with zero attached hydrogens (tertiary/aromatic N) is 2. The second-order valence-corrected chi connectivity index (χ2v) is 5.66. The van der Waals surface area contributed by atoms with Gasteiger partial charge in [0.15, 0.2) is 0 Å². The van der Waals surface area contributed by atoms with Gasteiger partial charge in [0.05, 0.1) is 28.5 Å². The van der Waals surface area contributed by atoms with E-state index in [9.17, 15) is 0 Å². The van der Waals surface area contributed by atoms with Crippen LogP contribution in [0.4, 0.5) is 17.5 Å². The molecule has 0 fully saturated rings. The van der Waals surface area contributed by atoms with E-state index >= 15 is 0 Å². The Morgan fingerprint density at radius 1 is 1.13 bits per heavy atom. The quantitative estimate of drug-likeness (QED) is 0.676. The van der Waals surface area contributed by atoms with Crippen LogP contribution in [0.5, 0.6) is 0 Å². The maximum atomic E-state index is 6.17. The maximum absolute atomic E-state index is 6.17. The lowest BCUT2D eigenvalue weighted by atomic mass is 10.3. The lowest BCUT2D eigenvalue weighted by Crippen LogP contribution is -2.05. The summed E-state index contributed by atoms with van der Waals surface area (Å²) in [4.78, 5) is 8.78. The van der Waals surface area contributed by atoms with Crippen LogP contribution in [-0.2, 0) is 6.54 Å². The van der Waals surface area contributed by atoms with Crippen molar-refractivity contribution in [3.63, 3.8) is 0 Å². The lowest BCUT2D eigenvalue weighted by molar-refractivity contribution is 0.518. The Kier molecular flexibility index (Phi) is 4.69. The number of aromatic nitrogens is 2. The van der Waals surface area contributed by atoms with Crippen LogP contribution in [0, 0.1) is 6.92 Å². The number of benzene rings is 1. The third kappa shape index (κ3) is 3.94. The standard InChI is InChI=1S/C16H14Cl2N4O/c1-10-8-14(19-9-11-4-3-7-23-11)22-16(20-10)21-13-6-2-5-12(17)15(13)18/h2-8H,9H2,1H3,(H2,19,20,21,22). The summed E-state index contributed by atoms with van der Waals surface area (Å²) >= 11 is 12.2. The highest BCUT2D eigenvalue weighted by Gasteiger charge is 2.08. The number of halogens is 2.